The van der Waals surface area contributed by atoms with E-state index in [2.05, 4.69) is 10.3 Å². The number of carbonyl (C=O) groups is 2. The highest BCUT2D eigenvalue weighted by Gasteiger charge is 2.43. The van der Waals surface area contributed by atoms with E-state index in [9.17, 15) is 9.59 Å². The number of nitrogens with zero attached hydrogens (tertiary/aromatic N) is 2. The fourth-order valence-electron chi connectivity index (χ4n) is 5.58. The molecule has 2 fully saturated rings. The molecule has 2 bridgehead atoms. The maximum atomic E-state index is 13.0. The molecule has 2 heterocycles. The van der Waals surface area contributed by atoms with E-state index in [4.69, 9.17) is 16.3 Å². The number of rotatable bonds is 5. The average Bonchev–Trinajstić information content (AvgIpc) is 3.49. The van der Waals surface area contributed by atoms with Crippen LogP contribution in [0.15, 0.2) is 51.6 Å². The van der Waals surface area contributed by atoms with Crippen molar-refractivity contribution >= 4 is 40.4 Å². The lowest BCUT2D eigenvalue weighted by atomic mass is 9.93. The Hall–Kier alpha value is -2.25. The van der Waals surface area contributed by atoms with Crippen molar-refractivity contribution < 1.29 is 14.3 Å². The van der Waals surface area contributed by atoms with Crippen molar-refractivity contribution in [3.63, 3.8) is 0 Å². The van der Waals surface area contributed by atoms with E-state index in [-0.39, 0.29) is 18.4 Å². The summed E-state index contributed by atoms with van der Waals surface area (Å²) in [6.07, 6.45) is 5.09. The number of nitrogens with one attached hydrogen (secondary N) is 1. The molecule has 1 N–H and O–H groups in total. The summed E-state index contributed by atoms with van der Waals surface area (Å²) in [5, 5.41) is 6.51. The molecular formula is C24H26ClN3O3S. The molecule has 0 radical (unpaired) electrons. The quantitative estimate of drug-likeness (QED) is 0.625. The van der Waals surface area contributed by atoms with Crippen LogP contribution in [0.4, 0.5) is 0 Å². The second kappa shape index (κ2) is 8.60. The third-order valence-corrected chi connectivity index (χ3v) is 8.26. The summed E-state index contributed by atoms with van der Waals surface area (Å²) >= 11 is 8.03. The number of halogens is 1. The van der Waals surface area contributed by atoms with E-state index in [0.717, 1.165) is 28.8 Å². The van der Waals surface area contributed by atoms with Crippen LogP contribution < -0.4 is 5.32 Å². The molecule has 0 spiro atoms. The Morgan fingerprint density at radius 1 is 1.28 bits per heavy atom. The number of fused-ring (bicyclic) bond motifs is 3. The molecule has 5 rings (SSSR count). The molecule has 2 saturated carbocycles. The number of benzene rings is 1. The van der Waals surface area contributed by atoms with Crippen LogP contribution in [0, 0.1) is 11.8 Å². The molecule has 2 aliphatic carbocycles. The third kappa shape index (κ3) is 3.75. The van der Waals surface area contributed by atoms with Gasteiger partial charge in [0.15, 0.2) is 5.17 Å². The number of hydrogen-bond acceptors (Lipinski definition) is 6. The summed E-state index contributed by atoms with van der Waals surface area (Å²) < 4.78 is 5.09. The topological polar surface area (TPSA) is 71.0 Å². The lowest BCUT2D eigenvalue weighted by Gasteiger charge is -2.36. The fraction of sp³-hybridized carbons (Fsp3) is 0.458. The Bertz CT molecular complexity index is 1070. The molecule has 2 aliphatic heterocycles. The number of thioether (sulfide) groups is 1. The second-order valence-corrected chi connectivity index (χ2v) is 10.2. The summed E-state index contributed by atoms with van der Waals surface area (Å²) in [5.41, 5.74) is 2.63. The van der Waals surface area contributed by atoms with Crippen molar-refractivity contribution in [1.29, 1.82) is 0 Å². The summed E-state index contributed by atoms with van der Waals surface area (Å²) in [4.78, 5) is 32.4. The summed E-state index contributed by atoms with van der Waals surface area (Å²) in [5.74, 6) is 0.959. The van der Waals surface area contributed by atoms with Gasteiger partial charge in [0.25, 0.3) is 0 Å². The lowest BCUT2D eigenvalue weighted by Crippen LogP contribution is -2.41. The van der Waals surface area contributed by atoms with E-state index in [1.807, 2.05) is 28.5 Å². The number of carbonyl (C=O) groups excluding carboxylic acids is 2. The first-order valence-electron chi connectivity index (χ1n) is 11.0. The summed E-state index contributed by atoms with van der Waals surface area (Å²) in [7, 11) is 1.36. The highest BCUT2D eigenvalue weighted by molar-refractivity contribution is 8.16. The van der Waals surface area contributed by atoms with Crippen LogP contribution in [0.5, 0.6) is 0 Å². The number of aliphatic imine (C=N–C) groups is 1. The number of ether oxygens (including phenoxy) is 1. The number of amidine groups is 1. The molecule has 1 aromatic rings. The Labute approximate surface area is 197 Å². The second-order valence-electron chi connectivity index (χ2n) is 8.93. The lowest BCUT2D eigenvalue weighted by molar-refractivity contribution is -0.136. The van der Waals surface area contributed by atoms with Crippen LogP contribution in [-0.2, 0) is 14.3 Å². The minimum atomic E-state index is -0.500. The molecule has 6 nitrogen and oxygen atoms in total. The van der Waals surface area contributed by atoms with Crippen LogP contribution in [0.3, 0.4) is 0 Å². The van der Waals surface area contributed by atoms with Crippen LogP contribution in [0.2, 0.25) is 5.02 Å². The zero-order chi connectivity index (χ0) is 22.4. The van der Waals surface area contributed by atoms with Gasteiger partial charge in [0.05, 0.1) is 30.8 Å². The summed E-state index contributed by atoms with van der Waals surface area (Å²) in [6.45, 7) is 1.81. The van der Waals surface area contributed by atoms with Crippen LogP contribution in [-0.4, -0.2) is 35.1 Å². The SMILES string of the molecule is COC(=O)C1=C(C)N=C2SC=C(CC(=O)N[C@H]3C[C@H]4CC[C@H]3C4)N2[C@H]1c1ccccc1Cl. The molecule has 32 heavy (non-hydrogen) atoms. The fourth-order valence-corrected chi connectivity index (χ4v) is 6.78. The molecule has 8 heteroatoms. The smallest absolute Gasteiger partial charge is 0.338 e. The molecular weight excluding hydrogens is 446 g/mol. The maximum absolute atomic E-state index is 13.0. The van der Waals surface area contributed by atoms with Gasteiger partial charge in [-0.1, -0.05) is 48.0 Å². The number of hydrogen-bond donors (Lipinski definition) is 1. The predicted octanol–water partition coefficient (Wildman–Crippen LogP) is 4.78. The molecule has 0 saturated heterocycles. The Balaban J connectivity index is 1.43. The maximum Gasteiger partial charge on any atom is 0.338 e. The first kappa shape index (κ1) is 21.6. The average molecular weight is 472 g/mol. The van der Waals surface area contributed by atoms with Gasteiger partial charge < -0.3 is 15.0 Å². The first-order valence-corrected chi connectivity index (χ1v) is 12.3. The Morgan fingerprint density at radius 2 is 2.09 bits per heavy atom. The van der Waals surface area contributed by atoms with Crippen molar-refractivity contribution in [2.75, 3.05) is 7.11 Å². The minimum Gasteiger partial charge on any atom is -0.466 e. The molecule has 4 aliphatic rings. The van der Waals surface area contributed by atoms with Gasteiger partial charge in [-0.15, -0.1) is 0 Å². The predicted molar refractivity (Wildman–Crippen MR) is 126 cm³/mol. The van der Waals surface area contributed by atoms with E-state index in [1.165, 1.54) is 38.1 Å². The van der Waals surface area contributed by atoms with Crippen molar-refractivity contribution in [3.05, 3.63) is 57.2 Å². The first-order chi connectivity index (χ1) is 15.5. The van der Waals surface area contributed by atoms with Crippen molar-refractivity contribution in [2.45, 2.75) is 51.1 Å². The highest BCUT2D eigenvalue weighted by atomic mass is 35.5. The Morgan fingerprint density at radius 3 is 2.78 bits per heavy atom. The van der Waals surface area contributed by atoms with Gasteiger partial charge in [0.2, 0.25) is 5.91 Å². The van der Waals surface area contributed by atoms with Gasteiger partial charge in [-0.3, -0.25) is 4.79 Å². The third-order valence-electron chi connectivity index (χ3n) is 7.03. The molecule has 0 aromatic heterocycles. The van der Waals surface area contributed by atoms with Gasteiger partial charge in [0, 0.05) is 16.8 Å². The highest BCUT2D eigenvalue weighted by Crippen LogP contribution is 2.47. The van der Waals surface area contributed by atoms with E-state index >= 15 is 0 Å². The number of esters is 1. The molecule has 168 valence electrons. The number of allylic oxidation sites excluding steroid dienone is 1. The summed E-state index contributed by atoms with van der Waals surface area (Å²) in [6, 6.07) is 7.25. The minimum absolute atomic E-state index is 0.0134. The van der Waals surface area contributed by atoms with E-state index in [0.29, 0.717) is 22.2 Å². The Kier molecular flexibility index (Phi) is 5.80. The standard InChI is InChI=1S/C24H26ClN3O3S/c1-13-21(23(30)31-2)22(17-5-3-4-6-18(17)25)28-16(12-32-24(28)26-13)11-20(29)27-19-10-14-7-8-15(19)9-14/h3-6,12,14-15,19,22H,7-11H2,1-2H3,(H,27,29)/t14-,15-,19-,22-/m0/s1. The van der Waals surface area contributed by atoms with Crippen molar-refractivity contribution in [1.82, 2.24) is 10.2 Å². The van der Waals surface area contributed by atoms with Gasteiger partial charge in [-0.2, -0.15) is 0 Å². The molecule has 0 unspecified atom stereocenters. The van der Waals surface area contributed by atoms with Crippen molar-refractivity contribution in [3.8, 4) is 0 Å². The van der Waals surface area contributed by atoms with Crippen LogP contribution in [0.1, 0.15) is 50.6 Å². The van der Waals surface area contributed by atoms with Gasteiger partial charge in [-0.05, 0) is 55.1 Å². The normalized spacial score (nSPS) is 28.4. The van der Waals surface area contributed by atoms with Gasteiger partial charge >= 0.3 is 5.97 Å². The number of amides is 1. The van der Waals surface area contributed by atoms with E-state index in [1.54, 1.807) is 13.0 Å². The van der Waals surface area contributed by atoms with Crippen LogP contribution >= 0.6 is 23.4 Å². The molecule has 4 atom stereocenters. The monoisotopic (exact) mass is 471 g/mol. The largest absolute Gasteiger partial charge is 0.466 e. The number of methoxy groups -OCH3 is 1. The van der Waals surface area contributed by atoms with Crippen molar-refractivity contribution in [2.24, 2.45) is 16.8 Å². The van der Waals surface area contributed by atoms with E-state index < -0.39 is 12.0 Å². The van der Waals surface area contributed by atoms with Gasteiger partial charge in [0.1, 0.15) is 0 Å². The van der Waals surface area contributed by atoms with Crippen LogP contribution in [0.25, 0.3) is 0 Å². The zero-order valence-electron chi connectivity index (χ0n) is 18.1. The zero-order valence-corrected chi connectivity index (χ0v) is 19.7. The molecule has 1 amide bonds. The van der Waals surface area contributed by atoms with Gasteiger partial charge in [-0.25, -0.2) is 9.79 Å². The molecule has 1 aromatic carbocycles.